The van der Waals surface area contributed by atoms with Gasteiger partial charge in [-0.15, -0.1) is 0 Å². The third kappa shape index (κ3) is 3.13. The molecule has 0 atom stereocenters. The molecular formula is C22H28N4+2. The molecule has 0 bridgehead atoms. The van der Waals surface area contributed by atoms with E-state index in [4.69, 9.17) is 0 Å². The van der Waals surface area contributed by atoms with Crippen LogP contribution in [0.4, 0.5) is 0 Å². The van der Waals surface area contributed by atoms with Gasteiger partial charge in [0, 0.05) is 5.56 Å². The third-order valence-electron chi connectivity index (χ3n) is 4.89. The molecule has 2 heterocycles. The quantitative estimate of drug-likeness (QED) is 0.532. The van der Waals surface area contributed by atoms with Crippen molar-refractivity contribution in [1.29, 1.82) is 0 Å². The van der Waals surface area contributed by atoms with Crippen LogP contribution in [0.3, 0.4) is 0 Å². The molecule has 2 aromatic carbocycles. The fourth-order valence-corrected chi connectivity index (χ4v) is 3.53. The molecule has 0 amide bonds. The van der Waals surface area contributed by atoms with Gasteiger partial charge in [-0.3, -0.25) is 0 Å². The van der Waals surface area contributed by atoms with Crippen LogP contribution in [0.25, 0.3) is 28.1 Å². The summed E-state index contributed by atoms with van der Waals surface area (Å²) >= 11 is 0. The van der Waals surface area contributed by atoms with Crippen molar-refractivity contribution in [3.63, 3.8) is 0 Å². The Kier molecular flexibility index (Phi) is 4.08. The summed E-state index contributed by atoms with van der Waals surface area (Å²) in [6, 6.07) is 17.3. The molecule has 0 unspecified atom stereocenters. The first-order valence-corrected chi connectivity index (χ1v) is 9.35. The highest BCUT2D eigenvalue weighted by atomic mass is 15.2. The first kappa shape index (κ1) is 16.9. The Bertz CT molecular complexity index is 1050. The predicted molar refractivity (Wildman–Crippen MR) is 106 cm³/mol. The lowest BCUT2D eigenvalue weighted by Crippen LogP contribution is -2.94. The van der Waals surface area contributed by atoms with Crippen LogP contribution >= 0.6 is 0 Å². The zero-order chi connectivity index (χ0) is 18.3. The number of hydrogen-bond donors (Lipinski definition) is 2. The van der Waals surface area contributed by atoms with Crippen LogP contribution in [0.1, 0.15) is 26.3 Å². The van der Waals surface area contributed by atoms with E-state index in [0.29, 0.717) is 0 Å². The van der Waals surface area contributed by atoms with Gasteiger partial charge in [-0.2, -0.15) is 4.40 Å². The van der Waals surface area contributed by atoms with Gasteiger partial charge in [-0.25, -0.2) is 9.55 Å². The average Bonchev–Trinajstić information content (AvgIpc) is 3.11. The lowest BCUT2D eigenvalue weighted by atomic mass is 10.1. The second-order valence-corrected chi connectivity index (χ2v) is 8.23. The highest BCUT2D eigenvalue weighted by Crippen LogP contribution is 2.22. The maximum absolute atomic E-state index is 3.61. The van der Waals surface area contributed by atoms with Crippen molar-refractivity contribution < 1.29 is 9.72 Å². The molecule has 3 N–H and O–H groups in total. The van der Waals surface area contributed by atoms with E-state index in [1.54, 1.807) is 0 Å². The molecular weight excluding hydrogens is 320 g/mol. The lowest BCUT2D eigenvalue weighted by Gasteiger charge is -2.16. The molecule has 4 aromatic rings. The number of imidazole rings is 2. The van der Waals surface area contributed by atoms with E-state index in [-0.39, 0.29) is 5.54 Å². The normalized spacial score (nSPS) is 12.3. The molecule has 4 rings (SSSR count). The Hall–Kier alpha value is -2.59. The highest BCUT2D eigenvalue weighted by Gasteiger charge is 2.23. The van der Waals surface area contributed by atoms with Crippen molar-refractivity contribution in [2.24, 2.45) is 0 Å². The second-order valence-electron chi connectivity index (χ2n) is 8.23. The summed E-state index contributed by atoms with van der Waals surface area (Å²) in [7, 11) is 0. The SMILES string of the molecule is Cc1ccc(-c2c[n+]3c4ccccc4[nH]c3n2CC[NH2+]C(C)(C)C)cc1. The smallest absolute Gasteiger partial charge is 0.339 e. The van der Waals surface area contributed by atoms with Crippen molar-refractivity contribution in [3.05, 3.63) is 60.3 Å². The standard InChI is InChI=1S/C22H26N4/c1-16-9-11-17(12-10-16)20-15-26-19-8-6-5-7-18(19)24-21(26)25(20)14-13-23-22(2,3)4/h5-12,15,23H,13-14H2,1-4H3/p+2. The number of aromatic nitrogens is 3. The van der Waals surface area contributed by atoms with Gasteiger partial charge in [0.15, 0.2) is 0 Å². The van der Waals surface area contributed by atoms with Crippen LogP contribution in [0.5, 0.6) is 0 Å². The summed E-state index contributed by atoms with van der Waals surface area (Å²) in [4.78, 5) is 3.61. The van der Waals surface area contributed by atoms with Gasteiger partial charge in [0.05, 0.1) is 5.54 Å². The van der Waals surface area contributed by atoms with Crippen molar-refractivity contribution in [2.45, 2.75) is 39.8 Å². The Morgan fingerprint density at radius 2 is 1.77 bits per heavy atom. The Morgan fingerprint density at radius 1 is 1.04 bits per heavy atom. The first-order chi connectivity index (χ1) is 12.4. The molecule has 26 heavy (non-hydrogen) atoms. The van der Waals surface area contributed by atoms with Crippen LogP contribution in [-0.4, -0.2) is 21.6 Å². The number of aryl methyl sites for hydroxylation is 1. The van der Waals surface area contributed by atoms with Gasteiger partial charge < -0.3 is 5.32 Å². The van der Waals surface area contributed by atoms with Gasteiger partial charge in [-0.05, 0) is 39.8 Å². The number of nitrogens with two attached hydrogens (primary N) is 1. The molecule has 0 saturated carbocycles. The molecule has 4 nitrogen and oxygen atoms in total. The third-order valence-corrected chi connectivity index (χ3v) is 4.89. The number of quaternary nitrogens is 1. The number of rotatable bonds is 4. The largest absolute Gasteiger partial charge is 0.368 e. The highest BCUT2D eigenvalue weighted by molar-refractivity contribution is 5.74. The number of fused-ring (bicyclic) bond motifs is 3. The fourth-order valence-electron chi connectivity index (χ4n) is 3.53. The van der Waals surface area contributed by atoms with Gasteiger partial charge in [0.25, 0.3) is 0 Å². The number of nitrogens with one attached hydrogen (secondary N) is 1. The molecule has 0 aliphatic rings. The summed E-state index contributed by atoms with van der Waals surface area (Å²) < 4.78 is 4.69. The molecule has 0 fully saturated rings. The molecule has 0 aliphatic carbocycles. The average molecular weight is 348 g/mol. The monoisotopic (exact) mass is 348 g/mol. The number of para-hydroxylation sites is 2. The van der Waals surface area contributed by atoms with Gasteiger partial charge in [0.1, 0.15) is 36.0 Å². The summed E-state index contributed by atoms with van der Waals surface area (Å²) in [6.07, 6.45) is 2.26. The lowest BCUT2D eigenvalue weighted by molar-refractivity contribution is -0.717. The molecule has 0 spiro atoms. The minimum atomic E-state index is 0.240. The zero-order valence-corrected chi connectivity index (χ0v) is 16.1. The molecule has 0 aliphatic heterocycles. The predicted octanol–water partition coefficient (Wildman–Crippen LogP) is 3.05. The minimum Gasteiger partial charge on any atom is -0.339 e. The van der Waals surface area contributed by atoms with E-state index in [1.165, 1.54) is 27.9 Å². The van der Waals surface area contributed by atoms with Crippen LogP contribution in [0.15, 0.2) is 54.7 Å². The maximum atomic E-state index is 3.61. The topological polar surface area (TPSA) is 41.4 Å². The number of aromatic amines is 1. The van der Waals surface area contributed by atoms with Crippen molar-refractivity contribution in [2.75, 3.05) is 6.54 Å². The Morgan fingerprint density at radius 3 is 2.50 bits per heavy atom. The Balaban J connectivity index is 1.83. The maximum Gasteiger partial charge on any atom is 0.368 e. The van der Waals surface area contributed by atoms with E-state index < -0.39 is 0 Å². The second kappa shape index (κ2) is 6.29. The summed E-state index contributed by atoms with van der Waals surface area (Å²) in [6.45, 7) is 10.9. The van der Waals surface area contributed by atoms with Crippen molar-refractivity contribution >= 4 is 16.8 Å². The molecule has 0 radical (unpaired) electrons. The molecule has 0 saturated heterocycles. The van der Waals surface area contributed by atoms with Crippen molar-refractivity contribution in [3.8, 4) is 11.3 Å². The van der Waals surface area contributed by atoms with E-state index in [9.17, 15) is 0 Å². The number of H-pyrrole nitrogens is 1. The van der Waals surface area contributed by atoms with E-state index in [2.05, 4.69) is 102 Å². The van der Waals surface area contributed by atoms with E-state index in [0.717, 1.165) is 18.9 Å². The molecule has 4 heteroatoms. The van der Waals surface area contributed by atoms with Gasteiger partial charge in [-0.1, -0.05) is 42.0 Å². The van der Waals surface area contributed by atoms with E-state index in [1.807, 2.05) is 0 Å². The van der Waals surface area contributed by atoms with E-state index >= 15 is 0 Å². The Labute approximate surface area is 154 Å². The zero-order valence-electron chi connectivity index (χ0n) is 16.1. The van der Waals surface area contributed by atoms with Crippen LogP contribution in [0, 0.1) is 6.92 Å². The number of nitrogens with zero attached hydrogens (tertiary/aromatic N) is 2. The van der Waals surface area contributed by atoms with Gasteiger partial charge >= 0.3 is 5.78 Å². The van der Waals surface area contributed by atoms with Gasteiger partial charge in [0.2, 0.25) is 0 Å². The van der Waals surface area contributed by atoms with Crippen LogP contribution < -0.4 is 9.72 Å². The fraction of sp³-hybridized carbons (Fsp3) is 0.318. The molecule has 2 aromatic heterocycles. The summed E-state index contributed by atoms with van der Waals surface area (Å²) in [5.41, 5.74) is 6.43. The van der Waals surface area contributed by atoms with Crippen molar-refractivity contribution in [1.82, 2.24) is 9.55 Å². The molecule has 134 valence electrons. The first-order valence-electron chi connectivity index (χ1n) is 9.35. The number of hydrogen-bond acceptors (Lipinski definition) is 0. The van der Waals surface area contributed by atoms with Crippen LogP contribution in [-0.2, 0) is 6.54 Å². The minimum absolute atomic E-state index is 0.240. The van der Waals surface area contributed by atoms with Crippen LogP contribution in [0.2, 0.25) is 0 Å². The summed E-state index contributed by atoms with van der Waals surface area (Å²) in [5, 5.41) is 2.41. The summed E-state index contributed by atoms with van der Waals surface area (Å²) in [5.74, 6) is 1.14. The number of benzene rings is 2.